The van der Waals surface area contributed by atoms with Crippen LogP contribution in [0.15, 0.2) is 46.9 Å². The van der Waals surface area contributed by atoms with E-state index in [1.807, 2.05) is 30.3 Å². The fourth-order valence-corrected chi connectivity index (χ4v) is 3.89. The smallest absolute Gasteiger partial charge is 0.433 e. The van der Waals surface area contributed by atoms with Crippen molar-refractivity contribution < 1.29 is 33.2 Å². The van der Waals surface area contributed by atoms with Gasteiger partial charge in [-0.15, -0.1) is 0 Å². The molecule has 3 heterocycles. The van der Waals surface area contributed by atoms with Gasteiger partial charge in [0.15, 0.2) is 11.8 Å². The van der Waals surface area contributed by atoms with Gasteiger partial charge < -0.3 is 18.8 Å². The summed E-state index contributed by atoms with van der Waals surface area (Å²) in [5.74, 6) is -1.61. The lowest BCUT2D eigenvalue weighted by Crippen LogP contribution is -2.52. The van der Waals surface area contributed by atoms with Crippen LogP contribution in [0.2, 0.25) is 0 Å². The number of ether oxygens (including phenoxy) is 2. The van der Waals surface area contributed by atoms with Crippen LogP contribution in [0.25, 0.3) is 0 Å². The molecule has 11 heteroatoms. The van der Waals surface area contributed by atoms with Gasteiger partial charge in [0.25, 0.3) is 5.91 Å². The van der Waals surface area contributed by atoms with Crippen molar-refractivity contribution in [1.82, 2.24) is 9.80 Å². The standard InChI is InChI=1S/C21H21N3O8/c25-19(17-6-7-18(32-17)24(28)29)22-10-8-15(9-11-22)23-16(13-31-21(23)27)20(26)30-12-14-4-2-1-3-5-14/h1-7,15-16H,8-13H2/t16-/m0/s1. The average molecular weight is 443 g/mol. The van der Waals surface area contributed by atoms with E-state index >= 15 is 0 Å². The maximum absolute atomic E-state index is 12.6. The summed E-state index contributed by atoms with van der Waals surface area (Å²) in [4.78, 5) is 50.4. The van der Waals surface area contributed by atoms with Gasteiger partial charge in [-0.05, 0) is 24.5 Å². The van der Waals surface area contributed by atoms with Crippen molar-refractivity contribution in [3.63, 3.8) is 0 Å². The number of benzene rings is 1. The molecular weight excluding hydrogens is 422 g/mol. The molecule has 0 saturated carbocycles. The van der Waals surface area contributed by atoms with E-state index in [-0.39, 0.29) is 25.0 Å². The molecule has 11 nitrogen and oxygen atoms in total. The molecule has 2 saturated heterocycles. The summed E-state index contributed by atoms with van der Waals surface area (Å²) < 4.78 is 15.5. The lowest BCUT2D eigenvalue weighted by atomic mass is 10.0. The fraction of sp³-hybridized carbons (Fsp3) is 0.381. The Labute approximate surface area is 182 Å². The maximum Gasteiger partial charge on any atom is 0.433 e. The van der Waals surface area contributed by atoms with E-state index < -0.39 is 34.8 Å². The van der Waals surface area contributed by atoms with E-state index in [9.17, 15) is 24.5 Å². The fourth-order valence-electron chi connectivity index (χ4n) is 3.89. The summed E-state index contributed by atoms with van der Waals surface area (Å²) in [6, 6.07) is 10.5. The third-order valence-corrected chi connectivity index (χ3v) is 5.53. The summed E-state index contributed by atoms with van der Waals surface area (Å²) in [6.45, 7) is 0.614. The molecule has 2 aromatic rings. The summed E-state index contributed by atoms with van der Waals surface area (Å²) >= 11 is 0. The molecule has 2 aliphatic heterocycles. The highest BCUT2D eigenvalue weighted by molar-refractivity contribution is 5.92. The number of cyclic esters (lactones) is 1. The molecule has 0 bridgehead atoms. The molecule has 1 aromatic heterocycles. The number of furan rings is 1. The van der Waals surface area contributed by atoms with E-state index in [2.05, 4.69) is 0 Å². The second-order valence-corrected chi connectivity index (χ2v) is 7.51. The van der Waals surface area contributed by atoms with Gasteiger partial charge in [-0.25, -0.2) is 9.59 Å². The SMILES string of the molecule is O=C(OCc1ccccc1)[C@@H]1COC(=O)N1C1CCN(C(=O)c2ccc([N+](=O)[O-])o2)CC1. The zero-order valence-electron chi connectivity index (χ0n) is 17.0. The first-order chi connectivity index (χ1) is 15.4. The van der Waals surface area contributed by atoms with E-state index in [1.165, 1.54) is 15.9 Å². The molecule has 0 radical (unpaired) electrons. The third-order valence-electron chi connectivity index (χ3n) is 5.53. The summed E-state index contributed by atoms with van der Waals surface area (Å²) in [6.07, 6.45) is 0.260. The molecule has 168 valence electrons. The zero-order valence-corrected chi connectivity index (χ0v) is 17.0. The summed E-state index contributed by atoms with van der Waals surface area (Å²) in [5, 5.41) is 10.7. The van der Waals surface area contributed by atoms with E-state index in [0.717, 1.165) is 11.6 Å². The Morgan fingerprint density at radius 1 is 1.12 bits per heavy atom. The van der Waals surface area contributed by atoms with Gasteiger partial charge in [-0.2, -0.15) is 0 Å². The highest BCUT2D eigenvalue weighted by atomic mass is 16.6. The number of hydrogen-bond donors (Lipinski definition) is 0. The summed E-state index contributed by atoms with van der Waals surface area (Å²) in [7, 11) is 0. The van der Waals surface area contributed by atoms with Crippen molar-refractivity contribution >= 4 is 23.9 Å². The van der Waals surface area contributed by atoms with Crippen LogP contribution in [0, 0.1) is 10.1 Å². The van der Waals surface area contributed by atoms with Crippen LogP contribution in [0.3, 0.4) is 0 Å². The van der Waals surface area contributed by atoms with Crippen molar-refractivity contribution in [1.29, 1.82) is 0 Å². The number of esters is 1. The highest BCUT2D eigenvalue weighted by Crippen LogP contribution is 2.26. The van der Waals surface area contributed by atoms with Crippen LogP contribution in [-0.4, -0.2) is 64.5 Å². The molecule has 2 fully saturated rings. The van der Waals surface area contributed by atoms with Crippen molar-refractivity contribution in [2.75, 3.05) is 19.7 Å². The monoisotopic (exact) mass is 443 g/mol. The Balaban J connectivity index is 1.34. The van der Waals surface area contributed by atoms with Gasteiger partial charge in [0.05, 0.1) is 6.07 Å². The molecule has 2 amide bonds. The van der Waals surface area contributed by atoms with Crippen molar-refractivity contribution in [3.05, 3.63) is 63.9 Å². The number of carbonyl (C=O) groups excluding carboxylic acids is 3. The minimum Gasteiger partial charge on any atom is -0.459 e. The van der Waals surface area contributed by atoms with Crippen LogP contribution in [0.4, 0.5) is 10.7 Å². The number of carbonyl (C=O) groups is 3. The number of rotatable bonds is 6. The molecular formula is C21H21N3O8. The molecule has 0 N–H and O–H groups in total. The average Bonchev–Trinajstić information content (AvgIpc) is 3.45. The molecule has 4 rings (SSSR count). The van der Waals surface area contributed by atoms with E-state index in [1.54, 1.807) is 0 Å². The molecule has 32 heavy (non-hydrogen) atoms. The van der Waals surface area contributed by atoms with Gasteiger partial charge in [0, 0.05) is 19.1 Å². The Bertz CT molecular complexity index is 1010. The number of amides is 2. The molecule has 0 aliphatic carbocycles. The van der Waals surface area contributed by atoms with Crippen LogP contribution < -0.4 is 0 Å². The van der Waals surface area contributed by atoms with E-state index in [0.29, 0.717) is 25.9 Å². The van der Waals surface area contributed by atoms with Gasteiger partial charge in [-0.3, -0.25) is 19.8 Å². The molecule has 0 unspecified atom stereocenters. The Morgan fingerprint density at radius 3 is 2.50 bits per heavy atom. The number of hydrogen-bond acceptors (Lipinski definition) is 8. The minimum atomic E-state index is -0.841. The number of likely N-dealkylation sites (tertiary alicyclic amines) is 1. The van der Waals surface area contributed by atoms with Crippen LogP contribution in [-0.2, 0) is 20.9 Å². The first-order valence-corrected chi connectivity index (χ1v) is 10.1. The quantitative estimate of drug-likeness (QED) is 0.377. The van der Waals surface area contributed by atoms with Crippen molar-refractivity contribution in [2.45, 2.75) is 31.5 Å². The second kappa shape index (κ2) is 9.08. The largest absolute Gasteiger partial charge is 0.459 e. The zero-order chi connectivity index (χ0) is 22.7. The lowest BCUT2D eigenvalue weighted by molar-refractivity contribution is -0.402. The number of piperidine rings is 1. The van der Waals surface area contributed by atoms with Crippen LogP contribution in [0.5, 0.6) is 0 Å². The van der Waals surface area contributed by atoms with Crippen LogP contribution in [0.1, 0.15) is 29.0 Å². The number of nitrogens with zero attached hydrogens (tertiary/aromatic N) is 3. The molecule has 0 spiro atoms. The Hall–Kier alpha value is -3.89. The maximum atomic E-state index is 12.6. The van der Waals surface area contributed by atoms with Gasteiger partial charge >= 0.3 is 17.9 Å². The summed E-state index contributed by atoms with van der Waals surface area (Å²) in [5.41, 5.74) is 0.836. The van der Waals surface area contributed by atoms with Crippen molar-refractivity contribution in [3.8, 4) is 0 Å². The Kier molecular flexibility index (Phi) is 6.06. The third kappa shape index (κ3) is 4.41. The first kappa shape index (κ1) is 21.3. The molecule has 2 aliphatic rings. The normalized spacial score (nSPS) is 19.0. The molecule has 1 atom stereocenters. The minimum absolute atomic E-state index is 0.0817. The van der Waals surface area contributed by atoms with Gasteiger partial charge in [0.2, 0.25) is 0 Å². The Morgan fingerprint density at radius 2 is 1.84 bits per heavy atom. The van der Waals surface area contributed by atoms with Gasteiger partial charge in [-0.1, -0.05) is 30.3 Å². The highest BCUT2D eigenvalue weighted by Gasteiger charge is 2.44. The van der Waals surface area contributed by atoms with E-state index in [4.69, 9.17) is 13.9 Å². The van der Waals surface area contributed by atoms with Crippen LogP contribution >= 0.6 is 0 Å². The molecule has 1 aromatic carbocycles. The second-order valence-electron chi connectivity index (χ2n) is 7.51. The predicted molar refractivity (Wildman–Crippen MR) is 108 cm³/mol. The van der Waals surface area contributed by atoms with Gasteiger partial charge in [0.1, 0.15) is 18.1 Å². The lowest BCUT2D eigenvalue weighted by Gasteiger charge is -2.36. The topological polar surface area (TPSA) is 132 Å². The number of nitro groups is 1. The predicted octanol–water partition coefficient (Wildman–Crippen LogP) is 2.36. The first-order valence-electron chi connectivity index (χ1n) is 10.1. The van der Waals surface area contributed by atoms with Crippen molar-refractivity contribution in [2.24, 2.45) is 0 Å².